The van der Waals surface area contributed by atoms with Gasteiger partial charge in [-0.25, -0.2) is 0 Å². The maximum atomic E-state index is 5.36. The molecule has 0 aliphatic rings. The van der Waals surface area contributed by atoms with Crippen LogP contribution in [0, 0.1) is 6.92 Å². The van der Waals surface area contributed by atoms with Crippen LogP contribution in [0.4, 0.5) is 17.5 Å². The van der Waals surface area contributed by atoms with Crippen LogP contribution in [0.1, 0.15) is 18.1 Å². The third-order valence-electron chi connectivity index (χ3n) is 4.34. The normalized spacial score (nSPS) is 10.4. The van der Waals surface area contributed by atoms with Crippen LogP contribution < -0.4 is 19.7 Å². The van der Waals surface area contributed by atoms with Gasteiger partial charge in [0, 0.05) is 18.8 Å². The van der Waals surface area contributed by atoms with E-state index in [0.717, 1.165) is 17.8 Å². The van der Waals surface area contributed by atoms with E-state index in [9.17, 15) is 0 Å². The van der Waals surface area contributed by atoms with Crippen molar-refractivity contribution in [2.75, 3.05) is 31.0 Å². The number of aryl methyl sites for hydroxylation is 1. The van der Waals surface area contributed by atoms with Gasteiger partial charge in [0.25, 0.3) is 5.95 Å². The van der Waals surface area contributed by atoms with Crippen LogP contribution in [0.3, 0.4) is 0 Å². The van der Waals surface area contributed by atoms with Gasteiger partial charge in [-0.05, 0) is 49.2 Å². The Morgan fingerprint density at radius 3 is 2.57 bits per heavy atom. The Kier molecular flexibility index (Phi) is 6.26. The highest BCUT2D eigenvalue weighted by Crippen LogP contribution is 2.28. The molecule has 0 amide bonds. The Bertz CT molecular complexity index is 932. The van der Waals surface area contributed by atoms with Gasteiger partial charge >= 0.3 is 0 Å². The van der Waals surface area contributed by atoms with Crippen LogP contribution in [-0.2, 0) is 6.54 Å². The van der Waals surface area contributed by atoms with Crippen LogP contribution in [0.5, 0.6) is 11.5 Å². The molecule has 0 saturated heterocycles. The Morgan fingerprint density at radius 1 is 1.04 bits per heavy atom. The number of hydrogen-bond acceptors (Lipinski definition) is 7. The highest BCUT2D eigenvalue weighted by Gasteiger charge is 2.12. The van der Waals surface area contributed by atoms with E-state index in [2.05, 4.69) is 46.5 Å². The third-order valence-corrected chi connectivity index (χ3v) is 4.34. The lowest BCUT2D eigenvalue weighted by atomic mass is 10.2. The van der Waals surface area contributed by atoms with Crippen molar-refractivity contribution in [3.05, 3.63) is 59.8 Å². The first-order valence-corrected chi connectivity index (χ1v) is 9.13. The molecule has 7 nitrogen and oxygen atoms in total. The molecule has 2 aromatic carbocycles. The van der Waals surface area contributed by atoms with Gasteiger partial charge in [-0.15, -0.1) is 5.10 Å². The zero-order valence-electron chi connectivity index (χ0n) is 16.6. The van der Waals surface area contributed by atoms with E-state index in [1.807, 2.05) is 35.2 Å². The first-order chi connectivity index (χ1) is 13.6. The van der Waals surface area contributed by atoms with Crippen molar-refractivity contribution in [2.24, 2.45) is 0 Å². The average Bonchev–Trinajstić information content (AvgIpc) is 2.73. The fourth-order valence-corrected chi connectivity index (χ4v) is 2.91. The zero-order valence-corrected chi connectivity index (χ0v) is 16.6. The fourth-order valence-electron chi connectivity index (χ4n) is 2.91. The monoisotopic (exact) mass is 379 g/mol. The quantitative estimate of drug-likeness (QED) is 0.635. The van der Waals surface area contributed by atoms with E-state index >= 15 is 0 Å². The molecule has 3 rings (SSSR count). The lowest BCUT2D eigenvalue weighted by molar-refractivity contribution is 0.354. The number of nitrogens with zero attached hydrogens (tertiary/aromatic N) is 4. The molecule has 1 N–H and O–H groups in total. The summed E-state index contributed by atoms with van der Waals surface area (Å²) in [5, 5.41) is 11.6. The predicted molar refractivity (Wildman–Crippen MR) is 111 cm³/mol. The van der Waals surface area contributed by atoms with E-state index < -0.39 is 0 Å². The highest BCUT2D eigenvalue weighted by molar-refractivity contribution is 5.58. The number of aromatic nitrogens is 3. The largest absolute Gasteiger partial charge is 0.493 e. The van der Waals surface area contributed by atoms with Crippen LogP contribution >= 0.6 is 0 Å². The number of methoxy groups -OCH3 is 2. The maximum Gasteiger partial charge on any atom is 0.251 e. The molecule has 0 saturated carbocycles. The summed E-state index contributed by atoms with van der Waals surface area (Å²) in [6.45, 7) is 5.45. The zero-order chi connectivity index (χ0) is 19.9. The predicted octanol–water partition coefficient (Wildman–Crippen LogP) is 3.97. The van der Waals surface area contributed by atoms with Gasteiger partial charge in [-0.3, -0.25) is 0 Å². The Labute approximate surface area is 165 Å². The van der Waals surface area contributed by atoms with Crippen molar-refractivity contribution in [3.8, 4) is 11.5 Å². The summed E-state index contributed by atoms with van der Waals surface area (Å²) in [5.41, 5.74) is 3.27. The van der Waals surface area contributed by atoms with Crippen molar-refractivity contribution in [2.45, 2.75) is 20.4 Å². The molecule has 0 atom stereocenters. The molecule has 0 fully saturated rings. The molecule has 3 aromatic rings. The van der Waals surface area contributed by atoms with Gasteiger partial charge in [0.15, 0.2) is 17.3 Å². The second-order valence-corrected chi connectivity index (χ2v) is 6.27. The number of hydrogen-bond donors (Lipinski definition) is 1. The van der Waals surface area contributed by atoms with Gasteiger partial charge in [0.05, 0.1) is 20.4 Å². The topological polar surface area (TPSA) is 72.4 Å². The first-order valence-electron chi connectivity index (χ1n) is 9.13. The minimum absolute atomic E-state index is 0.561. The fraction of sp³-hybridized carbons (Fsp3) is 0.286. The van der Waals surface area contributed by atoms with E-state index in [0.29, 0.717) is 29.8 Å². The number of anilines is 3. The van der Waals surface area contributed by atoms with Crippen LogP contribution in [0.15, 0.2) is 48.7 Å². The highest BCUT2D eigenvalue weighted by atomic mass is 16.5. The third kappa shape index (κ3) is 4.49. The second kappa shape index (κ2) is 9.03. The average molecular weight is 379 g/mol. The molecule has 0 bridgehead atoms. The maximum absolute atomic E-state index is 5.36. The summed E-state index contributed by atoms with van der Waals surface area (Å²) >= 11 is 0. The summed E-state index contributed by atoms with van der Waals surface area (Å²) in [5.74, 6) is 2.62. The van der Waals surface area contributed by atoms with E-state index in [4.69, 9.17) is 9.47 Å². The van der Waals surface area contributed by atoms with Crippen LogP contribution in [0.2, 0.25) is 0 Å². The SMILES string of the molecule is CCN(c1cccc(C)c1)c1nncc(NCc2ccc(OC)c(OC)c2)n1. The summed E-state index contributed by atoms with van der Waals surface area (Å²) in [6.07, 6.45) is 1.62. The first kappa shape index (κ1) is 19.4. The van der Waals surface area contributed by atoms with Crippen LogP contribution in [0.25, 0.3) is 0 Å². The van der Waals surface area contributed by atoms with Gasteiger partial charge in [-0.2, -0.15) is 10.1 Å². The van der Waals surface area contributed by atoms with Gasteiger partial charge < -0.3 is 19.7 Å². The molecule has 1 aromatic heterocycles. The lowest BCUT2D eigenvalue weighted by Gasteiger charge is -2.21. The van der Waals surface area contributed by atoms with Gasteiger partial charge in [0.2, 0.25) is 0 Å². The molecule has 0 radical (unpaired) electrons. The van der Waals surface area contributed by atoms with Gasteiger partial charge in [0.1, 0.15) is 0 Å². The standard InChI is InChI=1S/C21H25N5O2/c1-5-26(17-8-6-7-15(2)11-17)21-24-20(14-23-25-21)22-13-16-9-10-18(27-3)19(12-16)28-4/h6-12,14H,5,13H2,1-4H3,(H,22,24,25). The molecular weight excluding hydrogens is 354 g/mol. The number of rotatable bonds is 8. The molecule has 0 spiro atoms. The van der Waals surface area contributed by atoms with Crippen molar-refractivity contribution < 1.29 is 9.47 Å². The molecule has 28 heavy (non-hydrogen) atoms. The number of nitrogens with one attached hydrogen (secondary N) is 1. The molecule has 146 valence electrons. The Balaban J connectivity index is 1.76. The number of benzene rings is 2. The van der Waals surface area contributed by atoms with Crippen molar-refractivity contribution >= 4 is 17.5 Å². The number of ether oxygens (including phenoxy) is 2. The minimum atomic E-state index is 0.561. The lowest BCUT2D eigenvalue weighted by Crippen LogP contribution is -2.20. The second-order valence-electron chi connectivity index (χ2n) is 6.27. The van der Waals surface area contributed by atoms with Crippen molar-refractivity contribution in [1.82, 2.24) is 15.2 Å². The van der Waals surface area contributed by atoms with Crippen molar-refractivity contribution in [3.63, 3.8) is 0 Å². The van der Waals surface area contributed by atoms with Crippen LogP contribution in [-0.4, -0.2) is 35.9 Å². The van der Waals surface area contributed by atoms with E-state index in [1.54, 1.807) is 20.4 Å². The van der Waals surface area contributed by atoms with E-state index in [1.165, 1.54) is 5.56 Å². The molecule has 1 heterocycles. The molecule has 7 heteroatoms. The summed E-state index contributed by atoms with van der Waals surface area (Å²) < 4.78 is 10.6. The Morgan fingerprint density at radius 2 is 1.86 bits per heavy atom. The Hall–Kier alpha value is -3.35. The molecule has 0 unspecified atom stereocenters. The molecular formula is C21H25N5O2. The minimum Gasteiger partial charge on any atom is -0.493 e. The van der Waals surface area contributed by atoms with Crippen molar-refractivity contribution in [1.29, 1.82) is 0 Å². The van der Waals surface area contributed by atoms with E-state index in [-0.39, 0.29) is 0 Å². The van der Waals surface area contributed by atoms with Gasteiger partial charge in [-0.1, -0.05) is 18.2 Å². The summed E-state index contributed by atoms with van der Waals surface area (Å²) in [4.78, 5) is 6.66. The summed E-state index contributed by atoms with van der Waals surface area (Å²) in [7, 11) is 3.25. The smallest absolute Gasteiger partial charge is 0.251 e. The molecule has 0 aliphatic heterocycles. The summed E-state index contributed by atoms with van der Waals surface area (Å²) in [6, 6.07) is 14.1. The molecule has 0 aliphatic carbocycles.